The molecule has 3 heteroatoms. The molecule has 184 valence electrons. The van der Waals surface area contributed by atoms with Crippen molar-refractivity contribution in [2.75, 3.05) is 12.5 Å². The second-order valence-corrected chi connectivity index (χ2v) is 8.69. The number of carbonyl (C=O) groups excluding carboxylic acids is 1. The molecule has 0 fully saturated rings. The highest BCUT2D eigenvalue weighted by Gasteiger charge is 1.94. The van der Waals surface area contributed by atoms with E-state index >= 15 is 0 Å². The van der Waals surface area contributed by atoms with E-state index in [-0.39, 0.29) is 5.97 Å². The maximum absolute atomic E-state index is 10.5. The molecular formula is C28H53ClO2. The zero-order valence-electron chi connectivity index (χ0n) is 21.1. The fourth-order valence-electron chi connectivity index (χ4n) is 3.27. The predicted molar refractivity (Wildman–Crippen MR) is 140 cm³/mol. The number of halogens is 1. The van der Waals surface area contributed by atoms with Crippen LogP contribution >= 0.6 is 11.6 Å². The van der Waals surface area contributed by atoms with E-state index in [1.54, 1.807) is 0 Å². The molecule has 31 heavy (non-hydrogen) atoms. The third-order valence-electron chi connectivity index (χ3n) is 5.13. The van der Waals surface area contributed by atoms with Crippen LogP contribution in [0.2, 0.25) is 0 Å². The average Bonchev–Trinajstić information content (AvgIpc) is 2.76. The van der Waals surface area contributed by atoms with Gasteiger partial charge in [0.1, 0.15) is 0 Å². The molecule has 0 amide bonds. The van der Waals surface area contributed by atoms with Gasteiger partial charge in [-0.2, -0.15) is 0 Å². The molecule has 0 bridgehead atoms. The molecule has 0 saturated carbocycles. The SMILES string of the molecule is CC/C=C\CCCCCCCCCCOC(C)=O.CC/C=C\CCCCCCCCCl. The van der Waals surface area contributed by atoms with Gasteiger partial charge in [-0.3, -0.25) is 4.79 Å². The highest BCUT2D eigenvalue weighted by Crippen LogP contribution is 2.10. The molecule has 2 nitrogen and oxygen atoms in total. The van der Waals surface area contributed by atoms with Crippen LogP contribution in [0.3, 0.4) is 0 Å². The number of alkyl halides is 1. The van der Waals surface area contributed by atoms with Crippen LogP contribution < -0.4 is 0 Å². The van der Waals surface area contributed by atoms with E-state index in [9.17, 15) is 4.79 Å². The molecule has 0 rings (SSSR count). The summed E-state index contributed by atoms with van der Waals surface area (Å²) in [5, 5.41) is 0. The largest absolute Gasteiger partial charge is 0.466 e. The third kappa shape index (κ3) is 36.9. The summed E-state index contributed by atoms with van der Waals surface area (Å²) in [4.78, 5) is 10.5. The Hall–Kier alpha value is -0.760. The lowest BCUT2D eigenvalue weighted by Crippen LogP contribution is -2.00. The van der Waals surface area contributed by atoms with E-state index in [0.29, 0.717) is 6.61 Å². The molecule has 0 atom stereocenters. The number of hydrogen-bond donors (Lipinski definition) is 0. The van der Waals surface area contributed by atoms with Crippen molar-refractivity contribution >= 4 is 17.6 Å². The van der Waals surface area contributed by atoms with Crippen LogP contribution in [-0.2, 0) is 9.53 Å². The Balaban J connectivity index is 0. The van der Waals surface area contributed by atoms with Gasteiger partial charge in [-0.05, 0) is 51.4 Å². The maximum Gasteiger partial charge on any atom is 0.302 e. The number of hydrogen-bond acceptors (Lipinski definition) is 2. The van der Waals surface area contributed by atoms with Crippen LogP contribution in [0, 0.1) is 0 Å². The highest BCUT2D eigenvalue weighted by atomic mass is 35.5. The summed E-state index contributed by atoms with van der Waals surface area (Å²) >= 11 is 5.59. The molecular weight excluding hydrogens is 404 g/mol. The van der Waals surface area contributed by atoms with E-state index in [1.165, 1.54) is 110 Å². The van der Waals surface area contributed by atoms with Gasteiger partial charge in [-0.1, -0.05) is 102 Å². The summed E-state index contributed by atoms with van der Waals surface area (Å²) in [7, 11) is 0. The molecule has 0 radical (unpaired) electrons. The topological polar surface area (TPSA) is 26.3 Å². The fraction of sp³-hybridized carbons (Fsp3) is 0.821. The lowest BCUT2D eigenvalue weighted by atomic mass is 10.1. The Morgan fingerprint density at radius 3 is 1.39 bits per heavy atom. The van der Waals surface area contributed by atoms with Gasteiger partial charge in [0.2, 0.25) is 0 Å². The average molecular weight is 457 g/mol. The lowest BCUT2D eigenvalue weighted by molar-refractivity contribution is -0.141. The number of esters is 1. The van der Waals surface area contributed by atoms with Gasteiger partial charge in [0, 0.05) is 12.8 Å². The van der Waals surface area contributed by atoms with E-state index in [2.05, 4.69) is 38.2 Å². The van der Waals surface area contributed by atoms with Crippen molar-refractivity contribution in [2.45, 2.75) is 136 Å². The summed E-state index contributed by atoms with van der Waals surface area (Å²) in [5.74, 6) is 0.673. The van der Waals surface area contributed by atoms with Crippen LogP contribution in [0.25, 0.3) is 0 Å². The summed E-state index contributed by atoms with van der Waals surface area (Å²) in [5.41, 5.74) is 0. The Labute approximate surface area is 200 Å². The molecule has 0 heterocycles. The van der Waals surface area contributed by atoms with Gasteiger partial charge in [-0.25, -0.2) is 0 Å². The van der Waals surface area contributed by atoms with Crippen LogP contribution in [-0.4, -0.2) is 18.5 Å². The number of carbonyl (C=O) groups is 1. The molecule has 0 aliphatic rings. The summed E-state index contributed by atoms with van der Waals surface area (Å²) in [6, 6.07) is 0. The van der Waals surface area contributed by atoms with Gasteiger partial charge in [0.15, 0.2) is 0 Å². The number of rotatable bonds is 21. The van der Waals surface area contributed by atoms with Crippen LogP contribution in [0.1, 0.15) is 136 Å². The summed E-state index contributed by atoms with van der Waals surface area (Å²) in [6.45, 7) is 6.43. The second-order valence-electron chi connectivity index (χ2n) is 8.32. The quantitative estimate of drug-likeness (QED) is 0.0742. The van der Waals surface area contributed by atoms with E-state index in [4.69, 9.17) is 16.3 Å². The minimum Gasteiger partial charge on any atom is -0.466 e. The summed E-state index contributed by atoms with van der Waals surface area (Å²) in [6.07, 6.45) is 32.2. The Kier molecular flexibility index (Phi) is 32.9. The Bertz CT molecular complexity index is 390. The van der Waals surface area contributed by atoms with Gasteiger partial charge < -0.3 is 4.74 Å². The van der Waals surface area contributed by atoms with E-state index in [0.717, 1.165) is 18.7 Å². The Morgan fingerprint density at radius 1 is 0.613 bits per heavy atom. The van der Waals surface area contributed by atoms with Crippen molar-refractivity contribution in [2.24, 2.45) is 0 Å². The molecule has 0 N–H and O–H groups in total. The molecule has 0 saturated heterocycles. The van der Waals surface area contributed by atoms with Gasteiger partial charge in [-0.15, -0.1) is 11.6 Å². The molecule has 0 aromatic rings. The highest BCUT2D eigenvalue weighted by molar-refractivity contribution is 6.17. The number of allylic oxidation sites excluding steroid dienone is 4. The first-order valence-corrected chi connectivity index (χ1v) is 13.7. The number of unbranched alkanes of at least 4 members (excludes halogenated alkanes) is 14. The Morgan fingerprint density at radius 2 is 1.00 bits per heavy atom. The molecule has 0 aromatic heterocycles. The zero-order valence-corrected chi connectivity index (χ0v) is 21.9. The summed E-state index contributed by atoms with van der Waals surface area (Å²) < 4.78 is 4.89. The molecule has 0 unspecified atom stereocenters. The number of ether oxygens (including phenoxy) is 1. The minimum atomic E-state index is -0.160. The van der Waals surface area contributed by atoms with Crippen LogP contribution in [0.5, 0.6) is 0 Å². The molecule has 0 aromatic carbocycles. The third-order valence-corrected chi connectivity index (χ3v) is 5.40. The van der Waals surface area contributed by atoms with Crippen molar-refractivity contribution in [3.63, 3.8) is 0 Å². The van der Waals surface area contributed by atoms with Crippen molar-refractivity contribution < 1.29 is 9.53 Å². The normalized spacial score (nSPS) is 11.1. The monoisotopic (exact) mass is 456 g/mol. The van der Waals surface area contributed by atoms with Gasteiger partial charge in [0.25, 0.3) is 0 Å². The van der Waals surface area contributed by atoms with E-state index in [1.807, 2.05) is 0 Å². The zero-order chi connectivity index (χ0) is 23.3. The smallest absolute Gasteiger partial charge is 0.302 e. The molecule has 0 spiro atoms. The first kappa shape index (κ1) is 32.4. The molecule has 0 aliphatic carbocycles. The fourth-order valence-corrected chi connectivity index (χ4v) is 3.46. The van der Waals surface area contributed by atoms with Gasteiger partial charge in [0.05, 0.1) is 6.61 Å². The van der Waals surface area contributed by atoms with Crippen LogP contribution in [0.4, 0.5) is 0 Å². The lowest BCUT2D eigenvalue weighted by Gasteiger charge is -2.02. The van der Waals surface area contributed by atoms with Crippen LogP contribution in [0.15, 0.2) is 24.3 Å². The van der Waals surface area contributed by atoms with Crippen molar-refractivity contribution in [1.82, 2.24) is 0 Å². The first-order chi connectivity index (χ1) is 15.2. The standard InChI is InChI=1S/C16H30O2.C12H23Cl/c1-3-4-5-6-7-8-9-10-11-12-13-14-15-18-16(2)17;1-2-3-4-5-6-7-8-9-10-11-12-13/h4-5H,3,6-15H2,1-2H3;3-4H,2,5-12H2,1H3/b5-4-;4-3-. The first-order valence-electron chi connectivity index (χ1n) is 13.2. The second kappa shape index (κ2) is 31.4. The van der Waals surface area contributed by atoms with Crippen molar-refractivity contribution in [3.8, 4) is 0 Å². The molecule has 0 aliphatic heterocycles. The van der Waals surface area contributed by atoms with E-state index < -0.39 is 0 Å². The van der Waals surface area contributed by atoms with Crippen molar-refractivity contribution in [1.29, 1.82) is 0 Å². The maximum atomic E-state index is 10.5. The predicted octanol–water partition coefficient (Wildman–Crippen LogP) is 9.95. The van der Waals surface area contributed by atoms with Crippen molar-refractivity contribution in [3.05, 3.63) is 24.3 Å². The minimum absolute atomic E-state index is 0.160. The van der Waals surface area contributed by atoms with Gasteiger partial charge >= 0.3 is 5.97 Å².